The summed E-state index contributed by atoms with van der Waals surface area (Å²) in [6.45, 7) is 1.67. The number of rotatable bonds is 9. The summed E-state index contributed by atoms with van der Waals surface area (Å²) in [5, 5.41) is 8.81. The number of piperidine rings is 1. The van der Waals surface area contributed by atoms with Gasteiger partial charge in [0.1, 0.15) is 0 Å². The number of carbonyl (C=O) groups is 3. The molecule has 0 spiro atoms. The monoisotopic (exact) mass is 484 g/mol. The number of anilines is 3. The Labute approximate surface area is 211 Å². The molecule has 1 heterocycles. The van der Waals surface area contributed by atoms with Gasteiger partial charge in [-0.25, -0.2) is 0 Å². The van der Waals surface area contributed by atoms with E-state index in [1.807, 2.05) is 53.4 Å². The van der Waals surface area contributed by atoms with Gasteiger partial charge < -0.3 is 20.9 Å². The van der Waals surface area contributed by atoms with Crippen LogP contribution in [0.3, 0.4) is 0 Å². The standard InChI is InChI=1S/C29H32N4O3/c34-27(17-12-22-8-3-1-4-9-22)31-24-13-15-25(16-14-24)32-28(35)21-30-26-11-7-10-23(20-26)29(36)33-18-5-2-6-19-33/h1,3-4,7-11,13-16,20,30H,2,5-6,12,17-19,21H2,(H,31,34)(H,32,35). The van der Waals surface area contributed by atoms with Crippen LogP contribution >= 0.6 is 0 Å². The summed E-state index contributed by atoms with van der Waals surface area (Å²) in [7, 11) is 0. The van der Waals surface area contributed by atoms with Crippen molar-refractivity contribution < 1.29 is 14.4 Å². The lowest BCUT2D eigenvalue weighted by molar-refractivity contribution is -0.116. The van der Waals surface area contributed by atoms with E-state index < -0.39 is 0 Å². The van der Waals surface area contributed by atoms with Gasteiger partial charge in [-0.15, -0.1) is 0 Å². The highest BCUT2D eigenvalue weighted by atomic mass is 16.2. The SMILES string of the molecule is O=C(CCc1ccccc1)Nc1ccc(NC(=O)CNc2cccc(C(=O)N3CCCCC3)c2)cc1. The van der Waals surface area contributed by atoms with Gasteiger partial charge in [0.25, 0.3) is 5.91 Å². The van der Waals surface area contributed by atoms with Crippen LogP contribution in [0.1, 0.15) is 41.6 Å². The van der Waals surface area contributed by atoms with E-state index in [-0.39, 0.29) is 24.3 Å². The predicted molar refractivity (Wildman–Crippen MR) is 143 cm³/mol. The minimum Gasteiger partial charge on any atom is -0.376 e. The molecule has 186 valence electrons. The number of carbonyl (C=O) groups excluding carboxylic acids is 3. The van der Waals surface area contributed by atoms with Crippen molar-refractivity contribution in [1.82, 2.24) is 4.90 Å². The molecule has 0 radical (unpaired) electrons. The Kier molecular flexibility index (Phi) is 8.70. The molecule has 3 aromatic carbocycles. The van der Waals surface area contributed by atoms with Crippen LogP contribution in [0.2, 0.25) is 0 Å². The number of aryl methyl sites for hydroxylation is 1. The Morgan fingerprint density at radius 3 is 2.06 bits per heavy atom. The summed E-state index contributed by atoms with van der Waals surface area (Å²) in [6, 6.07) is 24.2. The normalized spacial score (nSPS) is 13.1. The van der Waals surface area contributed by atoms with Gasteiger partial charge in [-0.1, -0.05) is 36.4 Å². The van der Waals surface area contributed by atoms with Crippen molar-refractivity contribution in [2.45, 2.75) is 32.1 Å². The Bertz CT molecular complexity index is 1170. The molecule has 3 N–H and O–H groups in total. The molecule has 1 aliphatic heterocycles. The van der Waals surface area contributed by atoms with Crippen molar-refractivity contribution in [1.29, 1.82) is 0 Å². The molecule has 0 aromatic heterocycles. The third kappa shape index (κ3) is 7.43. The van der Waals surface area contributed by atoms with E-state index in [9.17, 15) is 14.4 Å². The van der Waals surface area contributed by atoms with Crippen molar-refractivity contribution in [3.8, 4) is 0 Å². The van der Waals surface area contributed by atoms with E-state index in [1.165, 1.54) is 6.42 Å². The Hall–Kier alpha value is -4.13. The molecule has 1 fully saturated rings. The molecule has 0 atom stereocenters. The molecule has 4 rings (SSSR count). The molecule has 0 aliphatic carbocycles. The maximum absolute atomic E-state index is 12.7. The van der Waals surface area contributed by atoms with Crippen LogP contribution in [0.25, 0.3) is 0 Å². The van der Waals surface area contributed by atoms with Crippen molar-refractivity contribution in [3.05, 3.63) is 90.0 Å². The first-order valence-electron chi connectivity index (χ1n) is 12.4. The Balaban J connectivity index is 1.22. The summed E-state index contributed by atoms with van der Waals surface area (Å²) < 4.78 is 0. The summed E-state index contributed by atoms with van der Waals surface area (Å²) in [4.78, 5) is 39.2. The first-order chi connectivity index (χ1) is 17.6. The van der Waals surface area contributed by atoms with Gasteiger partial charge >= 0.3 is 0 Å². The smallest absolute Gasteiger partial charge is 0.253 e. The van der Waals surface area contributed by atoms with Crippen LogP contribution < -0.4 is 16.0 Å². The second-order valence-corrected chi connectivity index (χ2v) is 8.95. The zero-order chi connectivity index (χ0) is 25.2. The number of hydrogen-bond donors (Lipinski definition) is 3. The lowest BCUT2D eigenvalue weighted by Crippen LogP contribution is -2.35. The topological polar surface area (TPSA) is 90.5 Å². The fourth-order valence-corrected chi connectivity index (χ4v) is 4.19. The molecule has 0 bridgehead atoms. The quantitative estimate of drug-likeness (QED) is 0.402. The summed E-state index contributed by atoms with van der Waals surface area (Å²) in [5.41, 5.74) is 3.79. The molecular formula is C29H32N4O3. The van der Waals surface area contributed by atoms with Gasteiger partial charge in [0.05, 0.1) is 6.54 Å². The van der Waals surface area contributed by atoms with Crippen LogP contribution in [0.4, 0.5) is 17.1 Å². The first-order valence-corrected chi connectivity index (χ1v) is 12.4. The highest BCUT2D eigenvalue weighted by Gasteiger charge is 2.18. The molecular weight excluding hydrogens is 452 g/mol. The van der Waals surface area contributed by atoms with E-state index in [1.54, 1.807) is 30.3 Å². The van der Waals surface area contributed by atoms with Gasteiger partial charge in [-0.05, 0) is 73.7 Å². The van der Waals surface area contributed by atoms with Crippen molar-refractivity contribution in [2.24, 2.45) is 0 Å². The Morgan fingerprint density at radius 1 is 0.694 bits per heavy atom. The van der Waals surface area contributed by atoms with Crippen LogP contribution in [0.15, 0.2) is 78.9 Å². The molecule has 1 saturated heterocycles. The van der Waals surface area contributed by atoms with Gasteiger partial charge in [0, 0.05) is 42.1 Å². The van der Waals surface area contributed by atoms with Crippen molar-refractivity contribution >= 4 is 34.8 Å². The largest absolute Gasteiger partial charge is 0.376 e. The summed E-state index contributed by atoms with van der Waals surface area (Å²) in [6.07, 6.45) is 4.35. The number of hydrogen-bond acceptors (Lipinski definition) is 4. The molecule has 36 heavy (non-hydrogen) atoms. The van der Waals surface area contributed by atoms with Crippen LogP contribution in [-0.2, 0) is 16.0 Å². The van der Waals surface area contributed by atoms with Crippen LogP contribution in [0.5, 0.6) is 0 Å². The molecule has 0 unspecified atom stereocenters. The van der Waals surface area contributed by atoms with Crippen LogP contribution in [-0.4, -0.2) is 42.3 Å². The molecule has 7 nitrogen and oxygen atoms in total. The van der Waals surface area contributed by atoms with E-state index in [2.05, 4.69) is 16.0 Å². The minimum absolute atomic E-state index is 0.0371. The predicted octanol–water partition coefficient (Wildman–Crippen LogP) is 4.93. The maximum atomic E-state index is 12.7. The number of likely N-dealkylation sites (tertiary alicyclic amines) is 1. The van der Waals surface area contributed by atoms with Gasteiger partial charge in [-0.2, -0.15) is 0 Å². The molecule has 1 aliphatic rings. The fraction of sp³-hybridized carbons (Fsp3) is 0.276. The van der Waals surface area contributed by atoms with Gasteiger partial charge in [0.2, 0.25) is 11.8 Å². The average molecular weight is 485 g/mol. The Morgan fingerprint density at radius 2 is 1.36 bits per heavy atom. The zero-order valence-electron chi connectivity index (χ0n) is 20.3. The summed E-state index contributed by atoms with van der Waals surface area (Å²) in [5.74, 6) is -0.224. The van der Waals surface area contributed by atoms with E-state index >= 15 is 0 Å². The molecule has 3 aromatic rings. The molecule has 3 amide bonds. The third-order valence-corrected chi connectivity index (χ3v) is 6.14. The molecule has 7 heteroatoms. The second kappa shape index (κ2) is 12.5. The number of amides is 3. The van der Waals surface area contributed by atoms with Crippen molar-refractivity contribution in [3.63, 3.8) is 0 Å². The number of benzene rings is 3. The average Bonchev–Trinajstić information content (AvgIpc) is 2.93. The first kappa shape index (κ1) is 25.0. The maximum Gasteiger partial charge on any atom is 0.253 e. The fourth-order valence-electron chi connectivity index (χ4n) is 4.19. The molecule has 0 saturated carbocycles. The number of nitrogens with zero attached hydrogens (tertiary/aromatic N) is 1. The van der Waals surface area contributed by atoms with Gasteiger partial charge in [0.15, 0.2) is 0 Å². The second-order valence-electron chi connectivity index (χ2n) is 8.95. The zero-order valence-corrected chi connectivity index (χ0v) is 20.3. The van der Waals surface area contributed by atoms with Crippen LogP contribution in [0, 0.1) is 0 Å². The lowest BCUT2D eigenvalue weighted by Gasteiger charge is -2.26. The third-order valence-electron chi connectivity index (χ3n) is 6.14. The lowest BCUT2D eigenvalue weighted by atomic mass is 10.1. The van der Waals surface area contributed by atoms with Gasteiger partial charge in [-0.3, -0.25) is 14.4 Å². The number of nitrogens with one attached hydrogen (secondary N) is 3. The van der Waals surface area contributed by atoms with E-state index in [0.717, 1.165) is 37.2 Å². The van der Waals surface area contributed by atoms with Crippen molar-refractivity contribution in [2.75, 3.05) is 35.6 Å². The highest BCUT2D eigenvalue weighted by Crippen LogP contribution is 2.17. The van der Waals surface area contributed by atoms with E-state index in [0.29, 0.717) is 29.8 Å². The summed E-state index contributed by atoms with van der Waals surface area (Å²) >= 11 is 0. The van der Waals surface area contributed by atoms with E-state index in [4.69, 9.17) is 0 Å². The minimum atomic E-state index is -0.206. The highest BCUT2D eigenvalue weighted by molar-refractivity contribution is 5.96.